The molecule has 1 aliphatic heterocycles. The number of nitrogen functional groups attached to an aromatic ring is 1. The van der Waals surface area contributed by atoms with E-state index >= 15 is 0 Å². The molecule has 0 amide bonds. The first-order chi connectivity index (χ1) is 6.63. The molecule has 1 aromatic heterocycles. The van der Waals surface area contributed by atoms with Gasteiger partial charge in [-0.05, 0) is 18.0 Å². The second-order valence-electron chi connectivity index (χ2n) is 3.92. The highest BCUT2D eigenvalue weighted by Gasteiger charge is 2.40. The van der Waals surface area contributed by atoms with Gasteiger partial charge in [0.1, 0.15) is 10.8 Å². The van der Waals surface area contributed by atoms with Crippen LogP contribution in [0.1, 0.15) is 19.8 Å². The average Bonchev–Trinajstić information content (AvgIpc) is 2.47. The number of rotatable bonds is 3. The summed E-state index contributed by atoms with van der Waals surface area (Å²) in [5, 5.41) is 11.0. The minimum Gasteiger partial charge on any atom is -0.386 e. The molecule has 0 aliphatic carbocycles. The van der Waals surface area contributed by atoms with E-state index in [0.717, 1.165) is 17.8 Å². The van der Waals surface area contributed by atoms with Crippen LogP contribution in [-0.2, 0) is 0 Å². The number of hydrogen-bond donors (Lipinski definition) is 2. The van der Waals surface area contributed by atoms with Crippen molar-refractivity contribution in [3.8, 4) is 0 Å². The zero-order valence-corrected chi connectivity index (χ0v) is 9.05. The van der Waals surface area contributed by atoms with Gasteiger partial charge in [-0.25, -0.2) is 0 Å². The minimum atomic E-state index is -0.479. The van der Waals surface area contributed by atoms with Gasteiger partial charge in [0, 0.05) is 19.2 Å². The first-order valence-corrected chi connectivity index (χ1v) is 5.60. The van der Waals surface area contributed by atoms with Gasteiger partial charge in [0.05, 0.1) is 5.60 Å². The molecule has 3 N–H and O–H groups in total. The molecule has 1 saturated heterocycles. The van der Waals surface area contributed by atoms with E-state index in [1.54, 1.807) is 0 Å². The average molecular weight is 213 g/mol. The SMILES string of the molecule is CCCC1(O)CN(c2cc(N)ns2)C1. The Bertz CT molecular complexity index is 320. The second-order valence-corrected chi connectivity index (χ2v) is 4.70. The first-order valence-electron chi connectivity index (χ1n) is 4.82. The van der Waals surface area contributed by atoms with Crippen molar-refractivity contribution in [3.63, 3.8) is 0 Å². The molecular weight excluding hydrogens is 198 g/mol. The zero-order chi connectivity index (χ0) is 10.2. The molecule has 1 aliphatic rings. The van der Waals surface area contributed by atoms with Crippen molar-refractivity contribution in [2.75, 3.05) is 23.7 Å². The van der Waals surface area contributed by atoms with E-state index in [1.165, 1.54) is 11.5 Å². The van der Waals surface area contributed by atoms with Gasteiger partial charge >= 0.3 is 0 Å². The highest BCUT2D eigenvalue weighted by Crippen LogP contribution is 2.33. The van der Waals surface area contributed by atoms with Crippen LogP contribution in [0.5, 0.6) is 0 Å². The third kappa shape index (κ3) is 1.69. The molecule has 14 heavy (non-hydrogen) atoms. The molecule has 2 heterocycles. The maximum absolute atomic E-state index is 9.96. The molecule has 0 radical (unpaired) electrons. The molecule has 2 rings (SSSR count). The van der Waals surface area contributed by atoms with Crippen LogP contribution in [0.3, 0.4) is 0 Å². The van der Waals surface area contributed by atoms with Crippen molar-refractivity contribution >= 4 is 22.4 Å². The summed E-state index contributed by atoms with van der Waals surface area (Å²) in [7, 11) is 0. The van der Waals surface area contributed by atoms with Crippen LogP contribution in [-0.4, -0.2) is 28.2 Å². The van der Waals surface area contributed by atoms with Crippen LogP contribution in [0.15, 0.2) is 6.07 Å². The van der Waals surface area contributed by atoms with Crippen LogP contribution in [0, 0.1) is 0 Å². The topological polar surface area (TPSA) is 62.4 Å². The molecule has 0 saturated carbocycles. The third-order valence-electron chi connectivity index (χ3n) is 2.51. The van der Waals surface area contributed by atoms with Crippen LogP contribution in [0.4, 0.5) is 10.8 Å². The van der Waals surface area contributed by atoms with Crippen molar-refractivity contribution in [2.45, 2.75) is 25.4 Å². The molecule has 5 heteroatoms. The van der Waals surface area contributed by atoms with Gasteiger partial charge in [-0.1, -0.05) is 13.3 Å². The molecule has 0 unspecified atom stereocenters. The lowest BCUT2D eigenvalue weighted by atomic mass is 9.90. The summed E-state index contributed by atoms with van der Waals surface area (Å²) >= 11 is 1.39. The van der Waals surface area contributed by atoms with E-state index < -0.39 is 5.60 Å². The monoisotopic (exact) mass is 213 g/mol. The molecular formula is C9H15N3OS. The van der Waals surface area contributed by atoms with Crippen LogP contribution >= 0.6 is 11.5 Å². The minimum absolute atomic E-state index is 0.479. The molecule has 0 atom stereocenters. The summed E-state index contributed by atoms with van der Waals surface area (Å²) in [6.45, 7) is 3.51. The van der Waals surface area contributed by atoms with E-state index in [9.17, 15) is 5.11 Å². The standard InChI is InChI=1S/C9H15N3OS/c1-2-3-9(13)5-12(6-9)8-4-7(10)11-14-8/h4,13H,2-3,5-6H2,1H3,(H2,10,11). The highest BCUT2D eigenvalue weighted by atomic mass is 32.1. The maximum atomic E-state index is 9.96. The van der Waals surface area contributed by atoms with Crippen molar-refractivity contribution in [2.24, 2.45) is 0 Å². The third-order valence-corrected chi connectivity index (χ3v) is 3.38. The van der Waals surface area contributed by atoms with Gasteiger partial charge in [-0.3, -0.25) is 0 Å². The predicted molar refractivity (Wildman–Crippen MR) is 58.6 cm³/mol. The predicted octanol–water partition coefficient (Wildman–Crippen LogP) is 1.08. The summed E-state index contributed by atoms with van der Waals surface area (Å²) in [5.41, 5.74) is 5.05. The summed E-state index contributed by atoms with van der Waals surface area (Å²) in [6, 6.07) is 1.86. The van der Waals surface area contributed by atoms with Crippen molar-refractivity contribution in [3.05, 3.63) is 6.07 Å². The summed E-state index contributed by atoms with van der Waals surface area (Å²) in [4.78, 5) is 2.11. The summed E-state index contributed by atoms with van der Waals surface area (Å²) < 4.78 is 4.01. The summed E-state index contributed by atoms with van der Waals surface area (Å²) in [5.74, 6) is 0.566. The Kier molecular flexibility index (Phi) is 2.36. The number of nitrogens with zero attached hydrogens (tertiary/aromatic N) is 2. The lowest BCUT2D eigenvalue weighted by Gasteiger charge is -2.47. The number of aliphatic hydroxyl groups is 1. The number of β-amino-alcohol motifs (C(OH)–C–C–N with tert-alkyl or cyclic N) is 1. The second kappa shape index (κ2) is 3.40. The van der Waals surface area contributed by atoms with E-state index in [4.69, 9.17) is 5.73 Å². The lowest BCUT2D eigenvalue weighted by Crippen LogP contribution is -2.61. The molecule has 1 aromatic rings. The molecule has 0 aromatic carbocycles. The molecule has 78 valence electrons. The quantitative estimate of drug-likeness (QED) is 0.788. The first kappa shape index (κ1) is 9.73. The smallest absolute Gasteiger partial charge is 0.139 e. The Labute approximate surface area is 87.5 Å². The zero-order valence-electron chi connectivity index (χ0n) is 8.23. The van der Waals surface area contributed by atoms with Crippen LogP contribution in [0.2, 0.25) is 0 Å². The van der Waals surface area contributed by atoms with E-state index in [2.05, 4.69) is 16.2 Å². The van der Waals surface area contributed by atoms with E-state index in [1.807, 2.05) is 6.07 Å². The molecule has 4 nitrogen and oxygen atoms in total. The fourth-order valence-corrected chi connectivity index (χ4v) is 2.54. The van der Waals surface area contributed by atoms with Gasteiger partial charge < -0.3 is 15.7 Å². The Morgan fingerprint density at radius 3 is 2.93 bits per heavy atom. The van der Waals surface area contributed by atoms with Crippen molar-refractivity contribution < 1.29 is 5.11 Å². The van der Waals surface area contributed by atoms with E-state index in [-0.39, 0.29) is 0 Å². The Hall–Kier alpha value is -0.810. The number of aromatic nitrogens is 1. The maximum Gasteiger partial charge on any atom is 0.139 e. The number of nitrogens with two attached hydrogens (primary N) is 1. The highest BCUT2D eigenvalue weighted by molar-refractivity contribution is 7.10. The molecule has 1 fully saturated rings. The normalized spacial score (nSPS) is 19.4. The van der Waals surface area contributed by atoms with Crippen LogP contribution < -0.4 is 10.6 Å². The van der Waals surface area contributed by atoms with Crippen molar-refractivity contribution in [1.82, 2.24) is 4.37 Å². The number of hydrogen-bond acceptors (Lipinski definition) is 5. The Morgan fingerprint density at radius 1 is 1.71 bits per heavy atom. The number of anilines is 2. The molecule has 0 spiro atoms. The van der Waals surface area contributed by atoms with Gasteiger partial charge in [0.2, 0.25) is 0 Å². The largest absolute Gasteiger partial charge is 0.386 e. The summed E-state index contributed by atoms with van der Waals surface area (Å²) in [6.07, 6.45) is 1.90. The fraction of sp³-hybridized carbons (Fsp3) is 0.667. The van der Waals surface area contributed by atoms with Crippen LogP contribution in [0.25, 0.3) is 0 Å². The van der Waals surface area contributed by atoms with Gasteiger partial charge in [0.25, 0.3) is 0 Å². The van der Waals surface area contributed by atoms with Gasteiger partial charge in [-0.2, -0.15) is 4.37 Å². The van der Waals surface area contributed by atoms with Crippen molar-refractivity contribution in [1.29, 1.82) is 0 Å². The van der Waals surface area contributed by atoms with E-state index in [0.29, 0.717) is 18.9 Å². The fourth-order valence-electron chi connectivity index (χ4n) is 1.87. The van der Waals surface area contributed by atoms with Gasteiger partial charge in [-0.15, -0.1) is 0 Å². The van der Waals surface area contributed by atoms with Gasteiger partial charge in [0.15, 0.2) is 0 Å². The Balaban J connectivity index is 1.94. The Morgan fingerprint density at radius 2 is 2.43 bits per heavy atom. The lowest BCUT2D eigenvalue weighted by molar-refractivity contribution is 0.00380. The molecule has 0 bridgehead atoms.